The van der Waals surface area contributed by atoms with Crippen LogP contribution < -0.4 is 10.6 Å². The van der Waals surface area contributed by atoms with Crippen LogP contribution in [0.1, 0.15) is 24.5 Å². The fourth-order valence-corrected chi connectivity index (χ4v) is 2.52. The van der Waals surface area contributed by atoms with Gasteiger partial charge in [0.1, 0.15) is 0 Å². The van der Waals surface area contributed by atoms with Crippen molar-refractivity contribution in [2.75, 3.05) is 19.6 Å². The average molecular weight is 348 g/mol. The molecule has 0 saturated heterocycles. The first-order chi connectivity index (χ1) is 11.7. The van der Waals surface area contributed by atoms with Crippen LogP contribution in [-0.2, 0) is 19.9 Å². The summed E-state index contributed by atoms with van der Waals surface area (Å²) in [5.74, 6) is 0.873. The van der Waals surface area contributed by atoms with Crippen molar-refractivity contribution in [3.63, 3.8) is 0 Å². The van der Waals surface area contributed by atoms with Gasteiger partial charge in [0.05, 0.1) is 6.20 Å². The molecule has 1 heterocycles. The summed E-state index contributed by atoms with van der Waals surface area (Å²) in [6.07, 6.45) is 6.93. The second-order valence-corrected chi connectivity index (χ2v) is 6.13. The molecule has 0 aliphatic carbocycles. The Hall–Kier alpha value is -2.01. The van der Waals surface area contributed by atoms with Crippen LogP contribution in [0.25, 0.3) is 0 Å². The molecule has 6 heteroatoms. The maximum atomic E-state index is 5.90. The number of rotatable bonds is 8. The lowest BCUT2D eigenvalue weighted by Gasteiger charge is -2.11. The summed E-state index contributed by atoms with van der Waals surface area (Å²) in [5.41, 5.74) is 2.52. The molecule has 2 rings (SSSR count). The molecule has 0 aliphatic rings. The number of aliphatic imine (C=N–C) groups is 1. The van der Waals surface area contributed by atoms with Gasteiger partial charge >= 0.3 is 0 Å². The van der Waals surface area contributed by atoms with Crippen molar-refractivity contribution in [3.8, 4) is 0 Å². The van der Waals surface area contributed by atoms with E-state index in [1.54, 1.807) is 0 Å². The minimum absolute atomic E-state index is 0.773. The van der Waals surface area contributed by atoms with Crippen molar-refractivity contribution in [1.29, 1.82) is 0 Å². The Morgan fingerprint density at radius 1 is 1.17 bits per heavy atom. The van der Waals surface area contributed by atoms with Crippen molar-refractivity contribution in [2.45, 2.75) is 26.2 Å². The van der Waals surface area contributed by atoms with E-state index in [0.29, 0.717) is 0 Å². The first kappa shape index (κ1) is 18.3. The number of benzene rings is 1. The van der Waals surface area contributed by atoms with E-state index in [0.717, 1.165) is 49.9 Å². The first-order valence-electron chi connectivity index (χ1n) is 8.41. The topological polar surface area (TPSA) is 54.2 Å². The molecule has 0 aliphatic heterocycles. The smallest absolute Gasteiger partial charge is 0.191 e. The van der Waals surface area contributed by atoms with E-state index in [-0.39, 0.29) is 0 Å². The van der Waals surface area contributed by atoms with E-state index in [9.17, 15) is 0 Å². The number of nitrogens with one attached hydrogen (secondary N) is 2. The lowest BCUT2D eigenvalue weighted by molar-refractivity contribution is 0.763. The third kappa shape index (κ3) is 6.62. The summed E-state index contributed by atoms with van der Waals surface area (Å²) in [7, 11) is 1.94. The Balaban J connectivity index is 1.72. The number of hydrogen-bond acceptors (Lipinski definition) is 2. The van der Waals surface area contributed by atoms with Gasteiger partial charge in [0.25, 0.3) is 0 Å². The zero-order valence-corrected chi connectivity index (χ0v) is 15.2. The maximum Gasteiger partial charge on any atom is 0.191 e. The number of guanidine groups is 1. The highest BCUT2D eigenvalue weighted by Crippen LogP contribution is 2.09. The van der Waals surface area contributed by atoms with E-state index in [4.69, 9.17) is 11.6 Å². The van der Waals surface area contributed by atoms with E-state index < -0.39 is 0 Å². The third-order valence-electron chi connectivity index (χ3n) is 3.62. The quantitative estimate of drug-likeness (QED) is 0.438. The monoisotopic (exact) mass is 347 g/mol. The molecule has 5 nitrogen and oxygen atoms in total. The molecule has 1 aromatic carbocycles. The van der Waals surface area contributed by atoms with Crippen LogP contribution in [0.3, 0.4) is 0 Å². The van der Waals surface area contributed by atoms with Crippen molar-refractivity contribution in [2.24, 2.45) is 12.0 Å². The predicted octanol–water partition coefficient (Wildman–Crippen LogP) is 2.80. The summed E-state index contributed by atoms with van der Waals surface area (Å²) < 4.78 is 1.83. The molecular formula is C18H26ClN5. The Morgan fingerprint density at radius 3 is 2.62 bits per heavy atom. The van der Waals surface area contributed by atoms with Gasteiger partial charge in [0, 0.05) is 37.9 Å². The molecule has 1 aromatic heterocycles. The van der Waals surface area contributed by atoms with Crippen molar-refractivity contribution in [3.05, 3.63) is 52.8 Å². The molecule has 24 heavy (non-hydrogen) atoms. The van der Waals surface area contributed by atoms with Crippen LogP contribution in [-0.4, -0.2) is 35.4 Å². The molecule has 0 saturated carbocycles. The second-order valence-electron chi connectivity index (χ2n) is 5.69. The summed E-state index contributed by atoms with van der Waals surface area (Å²) in [5, 5.41) is 11.6. The van der Waals surface area contributed by atoms with Gasteiger partial charge in [-0.2, -0.15) is 5.10 Å². The molecule has 0 spiro atoms. The lowest BCUT2D eigenvalue weighted by atomic mass is 10.1. The molecule has 2 aromatic rings. The van der Waals surface area contributed by atoms with Gasteiger partial charge in [-0.3, -0.25) is 9.67 Å². The van der Waals surface area contributed by atoms with E-state index >= 15 is 0 Å². The van der Waals surface area contributed by atoms with Crippen molar-refractivity contribution >= 4 is 17.6 Å². The second kappa shape index (κ2) is 9.98. The number of halogens is 1. The molecule has 0 atom stereocenters. The first-order valence-corrected chi connectivity index (χ1v) is 8.79. The molecule has 0 unspecified atom stereocenters. The van der Waals surface area contributed by atoms with Crippen molar-refractivity contribution in [1.82, 2.24) is 20.4 Å². The number of aryl methyl sites for hydroxylation is 2. The molecule has 130 valence electrons. The summed E-state index contributed by atoms with van der Waals surface area (Å²) in [6, 6.07) is 7.97. The summed E-state index contributed by atoms with van der Waals surface area (Å²) in [4.78, 5) is 4.63. The number of aromatic nitrogens is 2. The molecular weight excluding hydrogens is 322 g/mol. The Bertz CT molecular complexity index is 633. The highest BCUT2D eigenvalue weighted by Gasteiger charge is 1.99. The minimum atomic E-state index is 0.773. The van der Waals surface area contributed by atoms with Crippen LogP contribution in [0.15, 0.2) is 41.7 Å². The molecule has 0 radical (unpaired) electrons. The number of hydrogen-bond donors (Lipinski definition) is 2. The zero-order chi connectivity index (χ0) is 17.2. The third-order valence-corrected chi connectivity index (χ3v) is 3.87. The van der Waals surface area contributed by atoms with Crippen LogP contribution in [0, 0.1) is 0 Å². The Labute approximate surface area is 149 Å². The van der Waals surface area contributed by atoms with Crippen LogP contribution in [0.4, 0.5) is 0 Å². The lowest BCUT2D eigenvalue weighted by Crippen LogP contribution is -2.38. The fraction of sp³-hybridized carbons (Fsp3) is 0.444. The van der Waals surface area contributed by atoms with Gasteiger partial charge in [-0.25, -0.2) is 0 Å². The normalized spacial score (nSPS) is 11.5. The van der Waals surface area contributed by atoms with Gasteiger partial charge in [-0.15, -0.1) is 0 Å². The molecule has 0 bridgehead atoms. The average Bonchev–Trinajstić information content (AvgIpc) is 2.99. The predicted molar refractivity (Wildman–Crippen MR) is 101 cm³/mol. The van der Waals surface area contributed by atoms with Gasteiger partial charge in [0.2, 0.25) is 0 Å². The molecule has 0 fully saturated rings. The highest BCUT2D eigenvalue weighted by atomic mass is 35.5. The molecule has 0 amide bonds. The SMILES string of the molecule is CCNC(=NCCCc1cnn(C)c1)NCCc1ccc(Cl)cc1. The summed E-state index contributed by atoms with van der Waals surface area (Å²) in [6.45, 7) is 4.57. The minimum Gasteiger partial charge on any atom is -0.357 e. The van der Waals surface area contributed by atoms with Crippen molar-refractivity contribution < 1.29 is 0 Å². The van der Waals surface area contributed by atoms with Gasteiger partial charge < -0.3 is 10.6 Å². The van der Waals surface area contributed by atoms with E-state index in [1.165, 1.54) is 11.1 Å². The Morgan fingerprint density at radius 2 is 1.96 bits per heavy atom. The standard InChI is InChI=1S/C18H26ClN5/c1-3-20-18(21-11-4-5-16-13-23-24(2)14-16)22-12-10-15-6-8-17(19)9-7-15/h6-9,13-14H,3-5,10-12H2,1-2H3,(H2,20,21,22). The van der Waals surface area contributed by atoms with Crippen LogP contribution in [0.5, 0.6) is 0 Å². The largest absolute Gasteiger partial charge is 0.357 e. The van der Waals surface area contributed by atoms with Gasteiger partial charge in [-0.1, -0.05) is 23.7 Å². The van der Waals surface area contributed by atoms with Crippen LogP contribution in [0.2, 0.25) is 5.02 Å². The van der Waals surface area contributed by atoms with E-state index in [1.807, 2.05) is 30.1 Å². The van der Waals surface area contributed by atoms with Crippen LogP contribution >= 0.6 is 11.6 Å². The number of nitrogens with zero attached hydrogens (tertiary/aromatic N) is 3. The molecule has 2 N–H and O–H groups in total. The van der Waals surface area contributed by atoms with Gasteiger partial charge in [-0.05, 0) is 49.4 Å². The fourth-order valence-electron chi connectivity index (χ4n) is 2.39. The zero-order valence-electron chi connectivity index (χ0n) is 14.4. The maximum absolute atomic E-state index is 5.90. The summed E-state index contributed by atoms with van der Waals surface area (Å²) >= 11 is 5.90. The van der Waals surface area contributed by atoms with Gasteiger partial charge in [0.15, 0.2) is 5.96 Å². The highest BCUT2D eigenvalue weighted by molar-refractivity contribution is 6.30. The van der Waals surface area contributed by atoms with E-state index in [2.05, 4.69) is 46.0 Å². The Kier molecular flexibility index (Phi) is 7.62.